The Morgan fingerprint density at radius 1 is 0.417 bits per heavy atom. The molecule has 6 nitrogen and oxygen atoms in total. The molecule has 2 heterocycles. The summed E-state index contributed by atoms with van der Waals surface area (Å²) in [5.74, 6) is 1.72. The fourth-order valence-electron chi connectivity index (χ4n) is 4.37. The van der Waals surface area contributed by atoms with Gasteiger partial charge >= 0.3 is 0 Å². The lowest BCUT2D eigenvalue weighted by Crippen LogP contribution is -2.01. The van der Waals surface area contributed by atoms with Gasteiger partial charge in [0.25, 0.3) is 0 Å². The molecule has 6 heteroatoms. The number of nitrogens with zero attached hydrogens (tertiary/aromatic N) is 6. The van der Waals surface area contributed by atoms with Gasteiger partial charge in [-0.3, -0.25) is 0 Å². The lowest BCUT2D eigenvalue weighted by atomic mass is 10.0. The highest BCUT2D eigenvalue weighted by atomic mass is 15.3. The molecule has 0 N–H and O–H groups in total. The minimum atomic E-state index is 0.737. The predicted octanol–water partition coefficient (Wildman–Crippen LogP) is 5.97. The third-order valence-electron chi connectivity index (χ3n) is 6.24. The second-order valence-electron chi connectivity index (χ2n) is 8.69. The Balaban J connectivity index is 1.20. The molecular weight excluding hydrogens is 444 g/mol. The van der Waals surface area contributed by atoms with Gasteiger partial charge in [-0.25, -0.2) is 0 Å². The van der Waals surface area contributed by atoms with Crippen LogP contribution in [0.25, 0.3) is 33.9 Å². The summed E-state index contributed by atoms with van der Waals surface area (Å²) in [5, 5.41) is 17.0. The third-order valence-corrected chi connectivity index (χ3v) is 6.24. The van der Waals surface area contributed by atoms with Crippen molar-refractivity contribution in [3.8, 4) is 33.9 Å². The predicted molar refractivity (Wildman–Crippen MR) is 141 cm³/mol. The zero-order valence-corrected chi connectivity index (χ0v) is 19.6. The van der Waals surface area contributed by atoms with E-state index in [4.69, 9.17) is 0 Å². The number of benzene rings is 4. The van der Waals surface area contributed by atoms with Crippen molar-refractivity contribution in [1.29, 1.82) is 0 Å². The normalized spacial score (nSPS) is 11.0. The number of hydrogen-bond donors (Lipinski definition) is 0. The first-order chi connectivity index (χ1) is 17.8. The Kier molecular flexibility index (Phi) is 5.90. The van der Waals surface area contributed by atoms with Crippen molar-refractivity contribution in [1.82, 2.24) is 29.5 Å². The minimum Gasteiger partial charge on any atom is -0.309 e. The van der Waals surface area contributed by atoms with Crippen molar-refractivity contribution in [2.45, 2.75) is 13.1 Å². The maximum Gasteiger partial charge on any atom is 0.164 e. The fourth-order valence-corrected chi connectivity index (χ4v) is 4.37. The Labute approximate surface area is 209 Å². The van der Waals surface area contributed by atoms with Gasteiger partial charge in [0.15, 0.2) is 11.6 Å². The summed E-state index contributed by atoms with van der Waals surface area (Å²) in [4.78, 5) is 0. The van der Waals surface area contributed by atoms with Crippen LogP contribution in [0.3, 0.4) is 0 Å². The van der Waals surface area contributed by atoms with Crippen LogP contribution in [-0.2, 0) is 13.1 Å². The topological polar surface area (TPSA) is 61.4 Å². The molecule has 0 aliphatic carbocycles. The molecule has 0 saturated heterocycles. The summed E-state index contributed by atoms with van der Waals surface area (Å²) in [6.45, 7) is 1.47. The van der Waals surface area contributed by atoms with Gasteiger partial charge in [0.2, 0.25) is 0 Å². The van der Waals surface area contributed by atoms with Gasteiger partial charge in [-0.15, -0.1) is 20.4 Å². The maximum absolute atomic E-state index is 4.36. The van der Waals surface area contributed by atoms with Crippen LogP contribution >= 0.6 is 0 Å². The summed E-state index contributed by atoms with van der Waals surface area (Å²) < 4.78 is 4.15. The van der Waals surface area contributed by atoms with Crippen molar-refractivity contribution >= 4 is 0 Å². The molecule has 0 radical (unpaired) electrons. The number of hydrogen-bond acceptors (Lipinski definition) is 4. The van der Waals surface area contributed by atoms with Gasteiger partial charge in [-0.05, 0) is 22.3 Å². The fraction of sp³-hybridized carbons (Fsp3) is 0.0667. The van der Waals surface area contributed by atoms with Crippen LogP contribution < -0.4 is 0 Å². The molecule has 174 valence electrons. The first-order valence-corrected chi connectivity index (χ1v) is 11.9. The number of rotatable bonds is 7. The zero-order valence-electron chi connectivity index (χ0n) is 19.6. The Hall–Kier alpha value is -4.84. The van der Waals surface area contributed by atoms with Crippen LogP contribution in [0.4, 0.5) is 0 Å². The van der Waals surface area contributed by atoms with E-state index in [0.717, 1.165) is 47.0 Å². The molecule has 0 unspecified atom stereocenters. The Morgan fingerprint density at radius 2 is 0.778 bits per heavy atom. The van der Waals surface area contributed by atoms with Crippen molar-refractivity contribution in [2.24, 2.45) is 0 Å². The molecule has 6 rings (SSSR count). The SMILES string of the molecule is c1ccc(Cn2cnnc2-c2ccc(-c3ccc(-c4nncn4Cc4ccccc4)cc3)cc2)cc1. The van der Waals surface area contributed by atoms with E-state index in [1.807, 2.05) is 36.4 Å². The Bertz CT molecular complexity index is 1430. The molecule has 0 bridgehead atoms. The second kappa shape index (κ2) is 9.80. The van der Waals surface area contributed by atoms with E-state index in [0.29, 0.717) is 0 Å². The van der Waals surface area contributed by atoms with E-state index < -0.39 is 0 Å². The van der Waals surface area contributed by atoms with Crippen LogP contribution in [0.1, 0.15) is 11.1 Å². The highest BCUT2D eigenvalue weighted by molar-refractivity contribution is 5.70. The zero-order chi connectivity index (χ0) is 24.2. The highest BCUT2D eigenvalue weighted by Crippen LogP contribution is 2.27. The second-order valence-corrected chi connectivity index (χ2v) is 8.69. The third kappa shape index (κ3) is 4.57. The van der Waals surface area contributed by atoms with Crippen molar-refractivity contribution in [3.05, 3.63) is 133 Å². The Morgan fingerprint density at radius 3 is 1.17 bits per heavy atom. The van der Waals surface area contributed by atoms with Crippen molar-refractivity contribution in [2.75, 3.05) is 0 Å². The molecule has 0 aliphatic heterocycles. The average Bonchev–Trinajstić information content (AvgIpc) is 3.60. The van der Waals surface area contributed by atoms with E-state index in [1.54, 1.807) is 12.7 Å². The van der Waals surface area contributed by atoms with Crippen LogP contribution in [0, 0.1) is 0 Å². The molecule has 0 fully saturated rings. The average molecular weight is 469 g/mol. The van der Waals surface area contributed by atoms with Gasteiger partial charge < -0.3 is 9.13 Å². The summed E-state index contributed by atoms with van der Waals surface area (Å²) >= 11 is 0. The van der Waals surface area contributed by atoms with Crippen molar-refractivity contribution in [3.63, 3.8) is 0 Å². The van der Waals surface area contributed by atoms with Crippen LogP contribution in [-0.4, -0.2) is 29.5 Å². The summed E-state index contributed by atoms with van der Waals surface area (Å²) in [6.07, 6.45) is 3.57. The van der Waals surface area contributed by atoms with Crippen LogP contribution in [0.2, 0.25) is 0 Å². The first kappa shape index (κ1) is 21.7. The molecule has 4 aromatic carbocycles. The van der Waals surface area contributed by atoms with Gasteiger partial charge in [0, 0.05) is 11.1 Å². The molecule has 0 atom stereocenters. The van der Waals surface area contributed by atoms with Gasteiger partial charge in [0.1, 0.15) is 12.7 Å². The molecule has 0 amide bonds. The maximum atomic E-state index is 4.36. The molecule has 36 heavy (non-hydrogen) atoms. The lowest BCUT2D eigenvalue weighted by Gasteiger charge is -2.09. The first-order valence-electron chi connectivity index (χ1n) is 11.9. The molecule has 0 aliphatic rings. The standard InChI is InChI=1S/C30H24N6/c1-3-7-23(8-4-1)19-35-21-31-33-29(35)27-15-11-25(12-16-27)26-13-17-28(18-14-26)30-34-32-22-36(30)20-24-9-5-2-6-10-24/h1-18,21-22H,19-20H2. The highest BCUT2D eigenvalue weighted by Gasteiger charge is 2.10. The van der Waals surface area contributed by atoms with Crippen LogP contribution in [0.15, 0.2) is 122 Å². The van der Waals surface area contributed by atoms with Gasteiger partial charge in [0.05, 0.1) is 13.1 Å². The van der Waals surface area contributed by atoms with Gasteiger partial charge in [-0.1, -0.05) is 109 Å². The minimum absolute atomic E-state index is 0.737. The number of aromatic nitrogens is 6. The van der Waals surface area contributed by atoms with Crippen molar-refractivity contribution < 1.29 is 0 Å². The molecule has 2 aromatic heterocycles. The lowest BCUT2D eigenvalue weighted by molar-refractivity contribution is 0.803. The molecule has 0 spiro atoms. The smallest absolute Gasteiger partial charge is 0.164 e. The van der Waals surface area contributed by atoms with E-state index in [2.05, 4.69) is 102 Å². The van der Waals surface area contributed by atoms with E-state index in [9.17, 15) is 0 Å². The summed E-state index contributed by atoms with van der Waals surface area (Å²) in [7, 11) is 0. The van der Waals surface area contributed by atoms with Gasteiger partial charge in [-0.2, -0.15) is 0 Å². The van der Waals surface area contributed by atoms with E-state index in [-0.39, 0.29) is 0 Å². The van der Waals surface area contributed by atoms with E-state index >= 15 is 0 Å². The van der Waals surface area contributed by atoms with E-state index in [1.165, 1.54) is 11.1 Å². The summed E-state index contributed by atoms with van der Waals surface area (Å²) in [5.41, 5.74) is 6.80. The molecule has 6 aromatic rings. The summed E-state index contributed by atoms with van der Waals surface area (Å²) in [6, 6.07) is 37.6. The molecular formula is C30H24N6. The van der Waals surface area contributed by atoms with Crippen LogP contribution in [0.5, 0.6) is 0 Å². The quantitative estimate of drug-likeness (QED) is 0.290. The monoisotopic (exact) mass is 468 g/mol. The largest absolute Gasteiger partial charge is 0.309 e. The molecule has 0 saturated carbocycles.